The molecule has 1 unspecified atom stereocenters. The zero-order chi connectivity index (χ0) is 14.8. The molecule has 6 nitrogen and oxygen atoms in total. The van der Waals surface area contributed by atoms with E-state index in [1.165, 1.54) is 0 Å². The monoisotopic (exact) mass is 286 g/mol. The molecular formula is C15H18N4O2. The van der Waals surface area contributed by atoms with E-state index in [0.29, 0.717) is 11.4 Å². The molecule has 2 heterocycles. The van der Waals surface area contributed by atoms with E-state index in [1.54, 1.807) is 24.4 Å². The van der Waals surface area contributed by atoms with Crippen molar-refractivity contribution < 1.29 is 4.92 Å². The van der Waals surface area contributed by atoms with Crippen LogP contribution >= 0.6 is 0 Å². The lowest BCUT2D eigenvalue weighted by Gasteiger charge is -2.27. The highest BCUT2D eigenvalue weighted by Crippen LogP contribution is 2.35. The highest BCUT2D eigenvalue weighted by molar-refractivity contribution is 5.97. The van der Waals surface area contributed by atoms with E-state index >= 15 is 0 Å². The molecule has 0 aliphatic carbocycles. The number of aromatic nitrogens is 1. The smallest absolute Gasteiger partial charge is 0.278 e. The van der Waals surface area contributed by atoms with Crippen LogP contribution in [0.5, 0.6) is 0 Å². The highest BCUT2D eigenvalue weighted by atomic mass is 16.6. The lowest BCUT2D eigenvalue weighted by molar-refractivity contribution is -0.383. The Morgan fingerprint density at radius 3 is 3.10 bits per heavy atom. The van der Waals surface area contributed by atoms with Gasteiger partial charge in [0.05, 0.1) is 16.0 Å². The van der Waals surface area contributed by atoms with E-state index in [0.717, 1.165) is 37.1 Å². The minimum atomic E-state index is -0.344. The molecule has 1 aliphatic heterocycles. The Morgan fingerprint density at radius 1 is 1.48 bits per heavy atom. The Kier molecular flexibility index (Phi) is 3.70. The van der Waals surface area contributed by atoms with Crippen LogP contribution in [0.4, 0.5) is 11.4 Å². The fourth-order valence-electron chi connectivity index (χ4n) is 3.13. The number of hydrogen-bond acceptors (Lipinski definition) is 5. The first kappa shape index (κ1) is 13.8. The summed E-state index contributed by atoms with van der Waals surface area (Å²) in [5.74, 6) is 0. The van der Waals surface area contributed by atoms with Crippen LogP contribution in [-0.2, 0) is 0 Å². The summed E-state index contributed by atoms with van der Waals surface area (Å²) >= 11 is 0. The van der Waals surface area contributed by atoms with Crippen molar-refractivity contribution >= 4 is 22.3 Å². The van der Waals surface area contributed by atoms with Crippen LogP contribution in [0, 0.1) is 10.1 Å². The van der Waals surface area contributed by atoms with E-state index in [2.05, 4.69) is 15.2 Å². The van der Waals surface area contributed by atoms with Gasteiger partial charge in [0.2, 0.25) is 0 Å². The van der Waals surface area contributed by atoms with Crippen molar-refractivity contribution in [1.29, 1.82) is 0 Å². The van der Waals surface area contributed by atoms with Gasteiger partial charge in [-0.15, -0.1) is 0 Å². The van der Waals surface area contributed by atoms with Gasteiger partial charge in [0.25, 0.3) is 5.69 Å². The average Bonchev–Trinajstić information content (AvgIpc) is 2.94. The Balaban J connectivity index is 2.11. The summed E-state index contributed by atoms with van der Waals surface area (Å²) in [6, 6.07) is 7.36. The number of nitrogens with one attached hydrogen (secondary N) is 1. The van der Waals surface area contributed by atoms with Crippen LogP contribution in [0.25, 0.3) is 10.9 Å². The van der Waals surface area contributed by atoms with Gasteiger partial charge in [-0.3, -0.25) is 15.1 Å². The molecule has 1 atom stereocenters. The number of nitro groups is 1. The molecule has 0 amide bonds. The van der Waals surface area contributed by atoms with Gasteiger partial charge in [-0.05, 0) is 38.1 Å². The third-order valence-electron chi connectivity index (χ3n) is 4.05. The minimum Gasteiger partial charge on any atom is -0.366 e. The van der Waals surface area contributed by atoms with Crippen molar-refractivity contribution in [2.45, 2.75) is 18.9 Å². The van der Waals surface area contributed by atoms with Gasteiger partial charge >= 0.3 is 0 Å². The first-order chi connectivity index (χ1) is 10.2. The van der Waals surface area contributed by atoms with Crippen LogP contribution in [0.1, 0.15) is 12.8 Å². The Labute approximate surface area is 122 Å². The number of hydrogen-bond donors (Lipinski definition) is 1. The molecule has 0 radical (unpaired) electrons. The first-order valence-corrected chi connectivity index (χ1v) is 7.15. The second kappa shape index (κ2) is 5.65. The number of rotatable bonds is 4. The van der Waals surface area contributed by atoms with Crippen molar-refractivity contribution in [2.24, 2.45) is 0 Å². The molecule has 1 aliphatic rings. The topological polar surface area (TPSA) is 71.3 Å². The fourth-order valence-corrected chi connectivity index (χ4v) is 3.13. The van der Waals surface area contributed by atoms with Gasteiger partial charge < -0.3 is 10.2 Å². The average molecular weight is 286 g/mol. The molecular weight excluding hydrogens is 268 g/mol. The Bertz CT molecular complexity index is 674. The van der Waals surface area contributed by atoms with Crippen molar-refractivity contribution in [1.82, 2.24) is 10.3 Å². The molecule has 1 fully saturated rings. The highest BCUT2D eigenvalue weighted by Gasteiger charge is 2.27. The number of pyridine rings is 1. The normalized spacial score (nSPS) is 18.3. The summed E-state index contributed by atoms with van der Waals surface area (Å²) in [4.78, 5) is 17.5. The largest absolute Gasteiger partial charge is 0.366 e. The van der Waals surface area contributed by atoms with Gasteiger partial charge in [0.15, 0.2) is 0 Å². The van der Waals surface area contributed by atoms with Crippen LogP contribution in [0.2, 0.25) is 0 Å². The maximum Gasteiger partial charge on any atom is 0.278 e. The van der Waals surface area contributed by atoms with E-state index in [1.807, 2.05) is 13.1 Å². The molecule has 0 saturated carbocycles. The van der Waals surface area contributed by atoms with Crippen molar-refractivity contribution in [3.8, 4) is 0 Å². The molecule has 110 valence electrons. The van der Waals surface area contributed by atoms with Gasteiger partial charge in [0.1, 0.15) is 5.52 Å². The van der Waals surface area contributed by atoms with Crippen molar-refractivity contribution in [2.75, 3.05) is 25.0 Å². The number of nitrogens with zero attached hydrogens (tertiary/aromatic N) is 3. The second-order valence-corrected chi connectivity index (χ2v) is 5.31. The fraction of sp³-hybridized carbons (Fsp3) is 0.400. The van der Waals surface area contributed by atoms with Crippen LogP contribution in [0.15, 0.2) is 30.5 Å². The number of fused-ring (bicyclic) bond motifs is 1. The molecule has 0 spiro atoms. The maximum absolute atomic E-state index is 11.2. The Hall–Kier alpha value is -2.21. The molecule has 1 N–H and O–H groups in total. The summed E-state index contributed by atoms with van der Waals surface area (Å²) in [6.07, 6.45) is 3.96. The van der Waals surface area contributed by atoms with Gasteiger partial charge in [-0.1, -0.05) is 0 Å². The lowest BCUT2D eigenvalue weighted by atomic mass is 10.1. The van der Waals surface area contributed by atoms with Gasteiger partial charge in [-0.25, -0.2) is 0 Å². The summed E-state index contributed by atoms with van der Waals surface area (Å²) in [6.45, 7) is 1.88. The summed E-state index contributed by atoms with van der Waals surface area (Å²) < 4.78 is 0. The maximum atomic E-state index is 11.2. The molecule has 2 aromatic rings. The number of likely N-dealkylation sites (N-methyl/N-ethyl adjacent to an activating group) is 1. The Morgan fingerprint density at radius 2 is 2.33 bits per heavy atom. The van der Waals surface area contributed by atoms with Gasteiger partial charge in [0, 0.05) is 31.4 Å². The zero-order valence-electron chi connectivity index (χ0n) is 12.0. The second-order valence-electron chi connectivity index (χ2n) is 5.31. The summed E-state index contributed by atoms with van der Waals surface area (Å²) in [7, 11) is 1.95. The lowest BCUT2D eigenvalue weighted by Crippen LogP contribution is -2.36. The van der Waals surface area contributed by atoms with E-state index < -0.39 is 0 Å². The van der Waals surface area contributed by atoms with E-state index in [9.17, 15) is 10.1 Å². The summed E-state index contributed by atoms with van der Waals surface area (Å²) in [5.41, 5.74) is 1.83. The standard InChI is InChI=1S/C15H18N4O2/c1-16-10-11-4-3-9-18(11)14-7-6-13(19(20)21)12-5-2-8-17-15(12)14/h2,5-8,11,16H,3-4,9-10H2,1H3. The van der Waals surface area contributed by atoms with Crippen molar-refractivity contribution in [3.05, 3.63) is 40.6 Å². The zero-order valence-corrected chi connectivity index (χ0v) is 12.0. The minimum absolute atomic E-state index is 0.117. The third kappa shape index (κ3) is 2.42. The third-order valence-corrected chi connectivity index (χ3v) is 4.05. The predicted molar refractivity (Wildman–Crippen MR) is 82.7 cm³/mol. The molecule has 0 bridgehead atoms. The van der Waals surface area contributed by atoms with E-state index in [-0.39, 0.29) is 10.6 Å². The molecule has 1 aromatic heterocycles. The quantitative estimate of drug-likeness (QED) is 0.690. The molecule has 21 heavy (non-hydrogen) atoms. The number of benzene rings is 1. The van der Waals surface area contributed by atoms with Crippen molar-refractivity contribution in [3.63, 3.8) is 0 Å². The molecule has 6 heteroatoms. The van der Waals surface area contributed by atoms with Crippen LogP contribution < -0.4 is 10.2 Å². The van der Waals surface area contributed by atoms with Gasteiger partial charge in [-0.2, -0.15) is 0 Å². The van der Waals surface area contributed by atoms with Crippen LogP contribution in [0.3, 0.4) is 0 Å². The number of non-ortho nitro benzene ring substituents is 1. The number of nitro benzene ring substituents is 1. The molecule has 3 rings (SSSR count). The summed E-state index contributed by atoms with van der Waals surface area (Å²) in [5, 5.41) is 15.0. The first-order valence-electron chi connectivity index (χ1n) is 7.15. The SMILES string of the molecule is CNCC1CCCN1c1ccc([N+](=O)[O-])c2cccnc12. The van der Waals surface area contributed by atoms with E-state index in [4.69, 9.17) is 0 Å². The number of anilines is 1. The predicted octanol–water partition coefficient (Wildman–Crippen LogP) is 2.33. The van der Waals surface area contributed by atoms with Crippen LogP contribution in [-0.4, -0.2) is 36.1 Å². The molecule has 1 saturated heterocycles. The molecule has 1 aromatic carbocycles.